The Morgan fingerprint density at radius 1 is 0.800 bits per heavy atom. The van der Waals surface area contributed by atoms with Crippen molar-refractivity contribution in [3.8, 4) is 0 Å². The van der Waals surface area contributed by atoms with Gasteiger partial charge < -0.3 is 0 Å². The lowest BCUT2D eigenvalue weighted by Gasteiger charge is -2.66. The predicted molar refractivity (Wildman–Crippen MR) is 114 cm³/mol. The molecule has 1 aromatic carbocycles. The Hall–Kier alpha value is -2.05. The molecule has 2 amide bonds. The van der Waals surface area contributed by atoms with Crippen molar-refractivity contribution in [2.45, 2.75) is 58.5 Å². The summed E-state index contributed by atoms with van der Waals surface area (Å²) in [4.78, 5) is 44.0. The molecule has 6 nitrogen and oxygen atoms in total. The third-order valence-electron chi connectivity index (χ3n) is 7.64. The van der Waals surface area contributed by atoms with E-state index in [0.717, 1.165) is 51.9 Å². The molecular formula is C24H31N3O3. The van der Waals surface area contributed by atoms with E-state index in [4.69, 9.17) is 0 Å². The van der Waals surface area contributed by atoms with E-state index in [-0.39, 0.29) is 28.8 Å². The van der Waals surface area contributed by atoms with E-state index in [0.29, 0.717) is 24.3 Å². The van der Waals surface area contributed by atoms with Crippen LogP contribution in [-0.4, -0.2) is 53.6 Å². The molecule has 0 N–H and O–H groups in total. The van der Waals surface area contributed by atoms with Crippen molar-refractivity contribution in [2.75, 3.05) is 31.1 Å². The normalized spacial score (nSPS) is 37.5. The second-order valence-corrected chi connectivity index (χ2v) is 9.79. The van der Waals surface area contributed by atoms with Crippen LogP contribution in [0.5, 0.6) is 0 Å². The highest BCUT2D eigenvalue weighted by Gasteiger charge is 2.64. The monoisotopic (exact) mass is 409 g/mol. The summed E-state index contributed by atoms with van der Waals surface area (Å²) < 4.78 is 0. The maximum absolute atomic E-state index is 13.6. The van der Waals surface area contributed by atoms with Crippen molar-refractivity contribution in [2.24, 2.45) is 10.8 Å². The molecule has 5 heterocycles. The van der Waals surface area contributed by atoms with Crippen LogP contribution in [0.25, 0.3) is 0 Å². The highest BCUT2D eigenvalue weighted by molar-refractivity contribution is 6.19. The molecule has 5 fully saturated rings. The molecule has 6 heteroatoms. The first-order valence-electron chi connectivity index (χ1n) is 11.4. The lowest BCUT2D eigenvalue weighted by atomic mass is 9.57. The zero-order valence-electron chi connectivity index (χ0n) is 18.0. The van der Waals surface area contributed by atoms with Gasteiger partial charge in [0.1, 0.15) is 5.78 Å². The molecule has 0 saturated carbocycles. The van der Waals surface area contributed by atoms with Crippen molar-refractivity contribution in [3.63, 3.8) is 0 Å². The van der Waals surface area contributed by atoms with E-state index in [9.17, 15) is 14.4 Å². The fraction of sp³-hybridized carbons (Fsp3) is 0.625. The molecule has 0 spiro atoms. The van der Waals surface area contributed by atoms with Crippen molar-refractivity contribution in [1.29, 1.82) is 0 Å². The van der Waals surface area contributed by atoms with Gasteiger partial charge in [-0.05, 0) is 30.5 Å². The number of anilines is 1. The average Bonchev–Trinajstić information content (AvgIpc) is 3.04. The number of hydrogen-bond acceptors (Lipinski definition) is 5. The van der Waals surface area contributed by atoms with Crippen molar-refractivity contribution < 1.29 is 14.4 Å². The number of benzene rings is 1. The van der Waals surface area contributed by atoms with Crippen molar-refractivity contribution in [1.82, 2.24) is 9.80 Å². The molecule has 4 bridgehead atoms. The molecule has 160 valence electrons. The molecule has 30 heavy (non-hydrogen) atoms. The van der Waals surface area contributed by atoms with Gasteiger partial charge in [0.25, 0.3) is 0 Å². The minimum Gasteiger partial charge on any atom is -0.298 e. The summed E-state index contributed by atoms with van der Waals surface area (Å²) in [5.41, 5.74) is 1.42. The second kappa shape index (κ2) is 6.99. The standard InChI is InChI=1S/C24H31N3O3/c1-3-11-23-13-25-15-24(12-4-2,22(23)30)16-26(14-23)21(25)17-5-7-18(8-6-17)27-19(28)9-10-20(27)29/h5-8,21H,3-4,9-16H2,1-2H3. The Kier molecular flexibility index (Phi) is 4.63. The summed E-state index contributed by atoms with van der Waals surface area (Å²) in [7, 11) is 0. The van der Waals surface area contributed by atoms with Crippen LogP contribution in [0.1, 0.15) is 64.1 Å². The van der Waals surface area contributed by atoms with Gasteiger partial charge in [0.05, 0.1) is 22.7 Å². The summed E-state index contributed by atoms with van der Waals surface area (Å²) in [5, 5.41) is 0. The maximum Gasteiger partial charge on any atom is 0.234 e. The van der Waals surface area contributed by atoms with Gasteiger partial charge in [0.15, 0.2) is 0 Å². The second-order valence-electron chi connectivity index (χ2n) is 9.79. The largest absolute Gasteiger partial charge is 0.298 e. The summed E-state index contributed by atoms with van der Waals surface area (Å²) >= 11 is 0. The molecule has 5 aliphatic rings. The minimum absolute atomic E-state index is 0.114. The number of ketones is 1. The number of piperidine rings is 2. The van der Waals surface area contributed by atoms with Crippen LogP contribution in [0, 0.1) is 10.8 Å². The number of Topliss-reactive ketones (excluding diaryl/α,β-unsaturated/α-hetero) is 1. The van der Waals surface area contributed by atoms with Gasteiger partial charge in [0, 0.05) is 39.0 Å². The minimum atomic E-state index is -0.217. The quantitative estimate of drug-likeness (QED) is 0.676. The van der Waals surface area contributed by atoms with Crippen LogP contribution in [-0.2, 0) is 14.4 Å². The smallest absolute Gasteiger partial charge is 0.234 e. The van der Waals surface area contributed by atoms with E-state index in [1.54, 1.807) is 0 Å². The number of nitrogens with zero attached hydrogens (tertiary/aromatic N) is 3. The topological polar surface area (TPSA) is 60.9 Å². The fourth-order valence-corrected chi connectivity index (χ4v) is 6.78. The SMILES string of the molecule is CCCC12CN3CC(CCC)(CN(C1)C3c1ccc(N3C(=O)CCC3=O)cc1)C2=O. The van der Waals surface area contributed by atoms with Crippen molar-refractivity contribution >= 4 is 23.3 Å². The summed E-state index contributed by atoms with van der Waals surface area (Å²) in [6, 6.07) is 7.92. The van der Waals surface area contributed by atoms with E-state index in [1.165, 1.54) is 10.5 Å². The number of hydrogen-bond donors (Lipinski definition) is 0. The van der Waals surface area contributed by atoms with Crippen LogP contribution < -0.4 is 4.90 Å². The first-order chi connectivity index (χ1) is 14.4. The first-order valence-corrected chi connectivity index (χ1v) is 11.4. The summed E-state index contributed by atoms with van der Waals surface area (Å²) in [5.74, 6) is 0.291. The zero-order valence-corrected chi connectivity index (χ0v) is 18.0. The summed E-state index contributed by atoms with van der Waals surface area (Å²) in [6.45, 7) is 7.74. The van der Waals surface area contributed by atoms with E-state index in [1.807, 2.05) is 12.1 Å². The lowest BCUT2D eigenvalue weighted by Crippen LogP contribution is -2.76. The Bertz CT molecular complexity index is 833. The first kappa shape index (κ1) is 19.9. The predicted octanol–water partition coefficient (Wildman–Crippen LogP) is 3.13. The van der Waals surface area contributed by atoms with Crippen LogP contribution in [0.15, 0.2) is 24.3 Å². The average molecular weight is 410 g/mol. The third-order valence-corrected chi connectivity index (χ3v) is 7.64. The Labute approximate surface area is 178 Å². The number of carbonyl (C=O) groups is 3. The van der Waals surface area contributed by atoms with Gasteiger partial charge in [-0.25, -0.2) is 0 Å². The van der Waals surface area contributed by atoms with Gasteiger partial charge in [-0.3, -0.25) is 29.1 Å². The molecule has 6 rings (SSSR count). The molecule has 0 unspecified atom stereocenters. The Balaban J connectivity index is 1.44. The highest BCUT2D eigenvalue weighted by atomic mass is 16.2. The van der Waals surface area contributed by atoms with Gasteiger partial charge in [-0.15, -0.1) is 0 Å². The van der Waals surface area contributed by atoms with Gasteiger partial charge in [-0.2, -0.15) is 0 Å². The molecule has 1 aromatic rings. The lowest BCUT2D eigenvalue weighted by molar-refractivity contribution is -0.205. The van der Waals surface area contributed by atoms with E-state index < -0.39 is 0 Å². The molecule has 0 aromatic heterocycles. The molecule has 0 radical (unpaired) electrons. The van der Waals surface area contributed by atoms with Crippen LogP contribution in [0.3, 0.4) is 0 Å². The van der Waals surface area contributed by atoms with Crippen molar-refractivity contribution in [3.05, 3.63) is 29.8 Å². The number of rotatable bonds is 6. The third kappa shape index (κ3) is 2.73. The van der Waals surface area contributed by atoms with Crippen LogP contribution in [0.2, 0.25) is 0 Å². The van der Waals surface area contributed by atoms with Crippen LogP contribution >= 0.6 is 0 Å². The van der Waals surface area contributed by atoms with Crippen LogP contribution in [0.4, 0.5) is 5.69 Å². The molecule has 5 aliphatic heterocycles. The molecule has 0 aliphatic carbocycles. The fourth-order valence-electron chi connectivity index (χ4n) is 6.78. The Morgan fingerprint density at radius 2 is 1.27 bits per heavy atom. The maximum atomic E-state index is 13.6. The van der Waals surface area contributed by atoms with E-state index in [2.05, 4.69) is 35.8 Å². The number of amides is 2. The van der Waals surface area contributed by atoms with Gasteiger partial charge in [0.2, 0.25) is 11.8 Å². The highest BCUT2D eigenvalue weighted by Crippen LogP contribution is 2.55. The van der Waals surface area contributed by atoms with Gasteiger partial charge in [-0.1, -0.05) is 38.8 Å². The molecular weight excluding hydrogens is 378 g/mol. The zero-order chi connectivity index (χ0) is 21.1. The molecule has 5 saturated heterocycles. The number of imide groups is 1. The van der Waals surface area contributed by atoms with Gasteiger partial charge >= 0.3 is 0 Å². The number of carbonyl (C=O) groups excluding carboxylic acids is 3. The Morgan fingerprint density at radius 3 is 1.70 bits per heavy atom. The molecule has 0 atom stereocenters. The summed E-state index contributed by atoms with van der Waals surface area (Å²) in [6.07, 6.45) is 4.78. The van der Waals surface area contributed by atoms with E-state index >= 15 is 0 Å².